The maximum absolute atomic E-state index is 12.2. The number of hydrogen-bond acceptors (Lipinski definition) is 4. The van der Waals surface area contributed by atoms with Crippen molar-refractivity contribution in [2.45, 2.75) is 39.3 Å². The third kappa shape index (κ3) is 2.84. The van der Waals surface area contributed by atoms with E-state index in [1.807, 2.05) is 24.3 Å². The number of rotatable bonds is 4. The van der Waals surface area contributed by atoms with Gasteiger partial charge in [-0.15, -0.1) is 11.3 Å². The Hall–Kier alpha value is -0.940. The minimum absolute atomic E-state index is 0.0157. The number of piperidine rings is 1. The minimum atomic E-state index is 0.0157. The fourth-order valence-electron chi connectivity index (χ4n) is 2.18. The van der Waals surface area contributed by atoms with Crippen LogP contribution in [0.2, 0.25) is 0 Å². The van der Waals surface area contributed by atoms with E-state index in [0.29, 0.717) is 0 Å². The first-order valence-corrected chi connectivity index (χ1v) is 7.01. The first-order valence-electron chi connectivity index (χ1n) is 6.13. The van der Waals surface area contributed by atoms with E-state index in [1.165, 1.54) is 4.88 Å². The molecule has 0 bridgehead atoms. The lowest BCUT2D eigenvalue weighted by Gasteiger charge is -2.32. The summed E-state index contributed by atoms with van der Waals surface area (Å²) in [5, 5.41) is 3.25. The van der Waals surface area contributed by atoms with Gasteiger partial charge in [-0.1, -0.05) is 6.92 Å². The quantitative estimate of drug-likeness (QED) is 0.885. The van der Waals surface area contributed by atoms with Crippen LogP contribution in [0.4, 0.5) is 0 Å². The van der Waals surface area contributed by atoms with Crippen LogP contribution in [-0.4, -0.2) is 34.9 Å². The Kier molecular flexibility index (Phi) is 4.12. The van der Waals surface area contributed by atoms with Crippen LogP contribution in [0.1, 0.15) is 30.3 Å². The van der Waals surface area contributed by atoms with Crippen LogP contribution in [0.25, 0.3) is 0 Å². The van der Waals surface area contributed by atoms with Gasteiger partial charge < -0.3 is 10.2 Å². The Bertz CT molecular complexity index is 389. The Morgan fingerprint density at radius 2 is 2.47 bits per heavy atom. The number of likely N-dealkylation sites (N-methyl/N-ethyl adjacent to an activating group) is 1. The molecule has 4 nitrogen and oxygen atoms in total. The fourth-order valence-corrected chi connectivity index (χ4v) is 2.98. The van der Waals surface area contributed by atoms with Crippen LogP contribution in [0.3, 0.4) is 0 Å². The van der Waals surface area contributed by atoms with Crippen molar-refractivity contribution in [1.29, 1.82) is 0 Å². The molecule has 1 unspecified atom stereocenters. The van der Waals surface area contributed by atoms with Crippen molar-refractivity contribution < 1.29 is 4.79 Å². The second kappa shape index (κ2) is 5.60. The first kappa shape index (κ1) is 12.5. The number of nitrogens with one attached hydrogen (secondary N) is 1. The van der Waals surface area contributed by atoms with Crippen LogP contribution in [-0.2, 0) is 11.3 Å². The number of carbonyl (C=O) groups is 1. The summed E-state index contributed by atoms with van der Waals surface area (Å²) >= 11 is 1.63. The van der Waals surface area contributed by atoms with Gasteiger partial charge in [0.1, 0.15) is 0 Å². The Morgan fingerprint density at radius 1 is 1.65 bits per heavy atom. The molecule has 0 spiro atoms. The predicted molar refractivity (Wildman–Crippen MR) is 69.0 cm³/mol. The largest absolute Gasteiger partial charge is 0.336 e. The molecule has 0 saturated carbocycles. The SMILES string of the molecule is CCNC1CCCN(Cc2scnc2C)C1=O. The molecule has 0 aliphatic carbocycles. The molecular weight excluding hydrogens is 234 g/mol. The number of nitrogens with zero attached hydrogens (tertiary/aromatic N) is 2. The number of hydrogen-bond donors (Lipinski definition) is 1. The van der Waals surface area contributed by atoms with Gasteiger partial charge >= 0.3 is 0 Å². The van der Waals surface area contributed by atoms with Gasteiger partial charge in [-0.25, -0.2) is 4.98 Å². The average molecular weight is 253 g/mol. The number of likely N-dealkylation sites (tertiary alicyclic amines) is 1. The molecule has 1 aliphatic rings. The fraction of sp³-hybridized carbons (Fsp3) is 0.667. The lowest BCUT2D eigenvalue weighted by molar-refractivity contribution is -0.136. The normalized spacial score (nSPS) is 20.9. The smallest absolute Gasteiger partial charge is 0.240 e. The summed E-state index contributed by atoms with van der Waals surface area (Å²) in [6.45, 7) is 6.49. The third-order valence-electron chi connectivity index (χ3n) is 3.16. The molecule has 0 radical (unpaired) electrons. The molecule has 1 fully saturated rings. The van der Waals surface area contributed by atoms with E-state index >= 15 is 0 Å². The van der Waals surface area contributed by atoms with Crippen molar-refractivity contribution in [1.82, 2.24) is 15.2 Å². The van der Waals surface area contributed by atoms with Crippen LogP contribution < -0.4 is 5.32 Å². The maximum Gasteiger partial charge on any atom is 0.240 e. The number of thiazole rings is 1. The summed E-state index contributed by atoms with van der Waals surface area (Å²) in [6.07, 6.45) is 2.05. The van der Waals surface area contributed by atoms with Crippen LogP contribution in [0.15, 0.2) is 5.51 Å². The molecule has 1 amide bonds. The molecular formula is C12H19N3OS. The van der Waals surface area contributed by atoms with E-state index in [2.05, 4.69) is 10.3 Å². The summed E-state index contributed by atoms with van der Waals surface area (Å²) < 4.78 is 0. The van der Waals surface area contributed by atoms with Gasteiger partial charge in [0.15, 0.2) is 0 Å². The molecule has 2 rings (SSSR count). The van der Waals surface area contributed by atoms with E-state index in [0.717, 1.165) is 38.2 Å². The molecule has 1 atom stereocenters. The summed E-state index contributed by atoms with van der Waals surface area (Å²) in [5.74, 6) is 0.242. The summed E-state index contributed by atoms with van der Waals surface area (Å²) in [5.41, 5.74) is 2.90. The third-order valence-corrected chi connectivity index (χ3v) is 4.08. The molecule has 1 N–H and O–H groups in total. The second-order valence-corrected chi connectivity index (χ2v) is 5.31. The van der Waals surface area contributed by atoms with Crippen LogP contribution >= 0.6 is 11.3 Å². The summed E-state index contributed by atoms with van der Waals surface area (Å²) in [4.78, 5) is 19.6. The highest BCUT2D eigenvalue weighted by Crippen LogP contribution is 2.19. The lowest BCUT2D eigenvalue weighted by Crippen LogP contribution is -2.50. The van der Waals surface area contributed by atoms with Gasteiger partial charge in [0.2, 0.25) is 5.91 Å². The zero-order chi connectivity index (χ0) is 12.3. The van der Waals surface area contributed by atoms with Gasteiger partial charge in [0.25, 0.3) is 0 Å². The number of amides is 1. The molecule has 2 heterocycles. The average Bonchev–Trinajstić information content (AvgIpc) is 2.70. The zero-order valence-corrected chi connectivity index (χ0v) is 11.2. The molecule has 94 valence electrons. The van der Waals surface area contributed by atoms with Crippen LogP contribution in [0, 0.1) is 6.92 Å². The van der Waals surface area contributed by atoms with E-state index in [1.54, 1.807) is 11.3 Å². The highest BCUT2D eigenvalue weighted by atomic mass is 32.1. The van der Waals surface area contributed by atoms with E-state index < -0.39 is 0 Å². The molecule has 1 aromatic heterocycles. The number of aromatic nitrogens is 1. The molecule has 0 aromatic carbocycles. The highest BCUT2D eigenvalue weighted by molar-refractivity contribution is 7.09. The highest BCUT2D eigenvalue weighted by Gasteiger charge is 2.28. The van der Waals surface area contributed by atoms with Gasteiger partial charge in [-0.05, 0) is 26.3 Å². The van der Waals surface area contributed by atoms with Crippen molar-refractivity contribution in [2.75, 3.05) is 13.1 Å². The van der Waals surface area contributed by atoms with E-state index in [4.69, 9.17) is 0 Å². The number of carbonyl (C=O) groups excluding carboxylic acids is 1. The van der Waals surface area contributed by atoms with Gasteiger partial charge in [-0.3, -0.25) is 4.79 Å². The molecule has 17 heavy (non-hydrogen) atoms. The van der Waals surface area contributed by atoms with Gasteiger partial charge in [-0.2, -0.15) is 0 Å². The number of aryl methyl sites for hydroxylation is 1. The molecule has 1 aromatic rings. The maximum atomic E-state index is 12.2. The van der Waals surface area contributed by atoms with Crippen molar-refractivity contribution >= 4 is 17.2 Å². The lowest BCUT2D eigenvalue weighted by atomic mass is 10.0. The molecule has 5 heteroatoms. The summed E-state index contributed by atoms with van der Waals surface area (Å²) in [6, 6.07) is 0.0157. The van der Waals surface area contributed by atoms with Gasteiger partial charge in [0.05, 0.1) is 23.8 Å². The second-order valence-electron chi connectivity index (χ2n) is 4.37. The van der Waals surface area contributed by atoms with Crippen molar-refractivity contribution in [2.24, 2.45) is 0 Å². The van der Waals surface area contributed by atoms with Crippen molar-refractivity contribution in [3.63, 3.8) is 0 Å². The Labute approximate surface area is 106 Å². The minimum Gasteiger partial charge on any atom is -0.336 e. The van der Waals surface area contributed by atoms with E-state index in [-0.39, 0.29) is 11.9 Å². The van der Waals surface area contributed by atoms with Crippen molar-refractivity contribution in [3.05, 3.63) is 16.1 Å². The monoisotopic (exact) mass is 253 g/mol. The molecule has 1 saturated heterocycles. The Balaban J connectivity index is 2.01. The standard InChI is InChI=1S/C12H19N3OS/c1-3-13-10-5-4-6-15(12(10)16)7-11-9(2)14-8-17-11/h8,10,13H,3-7H2,1-2H3. The van der Waals surface area contributed by atoms with Crippen LogP contribution in [0.5, 0.6) is 0 Å². The predicted octanol–water partition coefficient (Wildman–Crippen LogP) is 1.55. The van der Waals surface area contributed by atoms with E-state index in [9.17, 15) is 4.79 Å². The van der Waals surface area contributed by atoms with Gasteiger partial charge in [0, 0.05) is 11.4 Å². The first-order chi connectivity index (χ1) is 8.22. The Morgan fingerprint density at radius 3 is 3.12 bits per heavy atom. The van der Waals surface area contributed by atoms with Crippen molar-refractivity contribution in [3.8, 4) is 0 Å². The summed E-state index contributed by atoms with van der Waals surface area (Å²) in [7, 11) is 0. The zero-order valence-electron chi connectivity index (χ0n) is 10.4. The topological polar surface area (TPSA) is 45.2 Å². The molecule has 1 aliphatic heterocycles.